The number of nitrogens with zero attached hydrogens (tertiary/aromatic N) is 3. The number of aromatic amines is 1. The summed E-state index contributed by atoms with van der Waals surface area (Å²) in [5.41, 5.74) is 1.36. The third kappa shape index (κ3) is 2.44. The molecule has 1 aromatic carbocycles. The molecule has 6 nitrogen and oxygen atoms in total. The Morgan fingerprint density at radius 1 is 1.21 bits per heavy atom. The molecule has 90 valence electrons. The third-order valence-corrected chi connectivity index (χ3v) is 2.46. The van der Waals surface area contributed by atoms with Crippen molar-refractivity contribution in [3.63, 3.8) is 0 Å². The Balaban J connectivity index is 2.45. The summed E-state index contributed by atoms with van der Waals surface area (Å²) in [6.07, 6.45) is 0. The highest BCUT2D eigenvalue weighted by Gasteiger charge is 2.07. The predicted molar refractivity (Wildman–Crippen MR) is 68.9 cm³/mol. The monoisotopic (exact) mass is 267 g/mol. The zero-order valence-corrected chi connectivity index (χ0v) is 10.2. The van der Waals surface area contributed by atoms with E-state index in [-0.39, 0.29) is 16.1 Å². The van der Waals surface area contributed by atoms with Crippen molar-refractivity contribution in [2.24, 2.45) is 0 Å². The highest BCUT2D eigenvalue weighted by Crippen LogP contribution is 2.20. The van der Waals surface area contributed by atoms with E-state index in [1.54, 1.807) is 36.4 Å². The van der Waals surface area contributed by atoms with Gasteiger partial charge in [0.1, 0.15) is 23.9 Å². The molecule has 0 bridgehead atoms. The van der Waals surface area contributed by atoms with Gasteiger partial charge in [-0.2, -0.15) is 15.8 Å². The van der Waals surface area contributed by atoms with E-state index in [0.717, 1.165) is 5.52 Å². The van der Waals surface area contributed by atoms with Crippen LogP contribution in [0, 0.1) is 38.8 Å². The quantitative estimate of drug-likeness (QED) is 0.639. The van der Waals surface area contributed by atoms with Gasteiger partial charge in [-0.3, -0.25) is 0 Å². The lowest BCUT2D eigenvalue weighted by Gasteiger charge is -2.03. The number of oxazole rings is 1. The maximum absolute atomic E-state index is 8.92. The van der Waals surface area contributed by atoms with Crippen LogP contribution in [0.25, 0.3) is 11.1 Å². The molecular formula is C12H5N5OS. The molecule has 0 spiro atoms. The van der Waals surface area contributed by atoms with E-state index in [1.165, 1.54) is 0 Å². The maximum Gasteiger partial charge on any atom is 0.266 e. The molecule has 0 amide bonds. The van der Waals surface area contributed by atoms with Crippen molar-refractivity contribution >= 4 is 29.0 Å². The van der Waals surface area contributed by atoms with Crippen molar-refractivity contribution in [2.45, 2.75) is 0 Å². The lowest BCUT2D eigenvalue weighted by atomic mass is 10.2. The maximum atomic E-state index is 8.92. The number of aromatic nitrogens is 1. The Morgan fingerprint density at radius 2 is 1.95 bits per heavy atom. The molecule has 2 N–H and O–H groups in total. The first-order valence-corrected chi connectivity index (χ1v) is 5.43. The Kier molecular flexibility index (Phi) is 3.29. The number of nitrogens with one attached hydrogen (secondary N) is 2. The van der Waals surface area contributed by atoms with E-state index in [9.17, 15) is 0 Å². The highest BCUT2D eigenvalue weighted by molar-refractivity contribution is 7.71. The van der Waals surface area contributed by atoms with Crippen LogP contribution in [0.1, 0.15) is 0 Å². The standard InChI is InChI=1S/C12H5N5OS/c13-4-7(5-14)10(6-15)16-8-1-2-9-11(3-8)18-12(19)17-9/h1-3,16H,(H,17,19). The smallest absolute Gasteiger partial charge is 0.266 e. The number of nitriles is 3. The van der Waals surface area contributed by atoms with Gasteiger partial charge in [-0.25, -0.2) is 0 Å². The second-order valence-corrected chi connectivity index (χ2v) is 3.81. The number of hydrogen-bond donors (Lipinski definition) is 2. The summed E-state index contributed by atoms with van der Waals surface area (Å²) in [6.45, 7) is 0. The molecule has 0 saturated heterocycles. The first-order valence-electron chi connectivity index (χ1n) is 5.02. The van der Waals surface area contributed by atoms with Gasteiger partial charge in [-0.15, -0.1) is 0 Å². The zero-order chi connectivity index (χ0) is 13.8. The summed E-state index contributed by atoms with van der Waals surface area (Å²) in [4.78, 5) is 3.08. The number of H-pyrrole nitrogens is 1. The van der Waals surface area contributed by atoms with Crippen LogP contribution >= 0.6 is 12.2 Å². The van der Waals surface area contributed by atoms with Gasteiger partial charge < -0.3 is 14.7 Å². The Labute approximate surface area is 112 Å². The summed E-state index contributed by atoms with van der Waals surface area (Å²) in [6, 6.07) is 10.1. The molecule has 0 aliphatic rings. The summed E-state index contributed by atoms with van der Waals surface area (Å²) in [5, 5.41) is 29.1. The fourth-order valence-corrected chi connectivity index (χ4v) is 1.65. The second kappa shape index (κ2) is 5.05. The minimum Gasteiger partial charge on any atom is -0.429 e. The minimum atomic E-state index is -0.280. The van der Waals surface area contributed by atoms with Crippen molar-refractivity contribution in [2.75, 3.05) is 5.32 Å². The van der Waals surface area contributed by atoms with E-state index in [4.69, 9.17) is 32.4 Å². The van der Waals surface area contributed by atoms with Crippen LogP contribution in [0.2, 0.25) is 0 Å². The van der Waals surface area contributed by atoms with Gasteiger partial charge in [0.05, 0.1) is 5.52 Å². The molecule has 0 aliphatic heterocycles. The van der Waals surface area contributed by atoms with E-state index in [1.807, 2.05) is 0 Å². The third-order valence-electron chi connectivity index (χ3n) is 2.28. The van der Waals surface area contributed by atoms with Gasteiger partial charge in [0.2, 0.25) is 0 Å². The van der Waals surface area contributed by atoms with E-state index in [2.05, 4.69) is 10.3 Å². The van der Waals surface area contributed by atoms with Crippen molar-refractivity contribution in [3.8, 4) is 18.2 Å². The van der Waals surface area contributed by atoms with Gasteiger partial charge in [0.15, 0.2) is 11.2 Å². The summed E-state index contributed by atoms with van der Waals surface area (Å²) in [5.74, 6) is 0. The number of benzene rings is 1. The average molecular weight is 267 g/mol. The second-order valence-electron chi connectivity index (χ2n) is 3.44. The van der Waals surface area contributed by atoms with Crippen molar-refractivity contribution in [3.05, 3.63) is 34.3 Å². The van der Waals surface area contributed by atoms with Crippen molar-refractivity contribution in [1.82, 2.24) is 4.98 Å². The minimum absolute atomic E-state index is 0.113. The Bertz CT molecular complexity index is 837. The zero-order valence-electron chi connectivity index (χ0n) is 9.39. The molecular weight excluding hydrogens is 262 g/mol. The summed E-state index contributed by atoms with van der Waals surface area (Å²) >= 11 is 4.86. The van der Waals surface area contributed by atoms with Crippen LogP contribution in [0.3, 0.4) is 0 Å². The first-order chi connectivity index (χ1) is 9.17. The van der Waals surface area contributed by atoms with Crippen LogP contribution in [0.5, 0.6) is 0 Å². The van der Waals surface area contributed by atoms with Crippen LogP contribution in [-0.2, 0) is 0 Å². The number of fused-ring (bicyclic) bond motifs is 1. The molecule has 7 heteroatoms. The Morgan fingerprint density at radius 3 is 2.58 bits per heavy atom. The molecule has 2 rings (SSSR count). The first kappa shape index (κ1) is 12.4. The van der Waals surface area contributed by atoms with Crippen molar-refractivity contribution in [1.29, 1.82) is 15.8 Å². The molecule has 1 heterocycles. The van der Waals surface area contributed by atoms with Gasteiger partial charge in [-0.05, 0) is 24.4 Å². The molecule has 19 heavy (non-hydrogen) atoms. The van der Waals surface area contributed by atoms with Crippen LogP contribution in [-0.4, -0.2) is 4.98 Å². The largest absolute Gasteiger partial charge is 0.429 e. The van der Waals surface area contributed by atoms with Crippen LogP contribution in [0.4, 0.5) is 5.69 Å². The normalized spacial score (nSPS) is 9.11. The molecule has 0 fully saturated rings. The fourth-order valence-electron chi connectivity index (χ4n) is 1.45. The molecule has 0 atom stereocenters. The number of hydrogen-bond acceptors (Lipinski definition) is 6. The molecule has 0 unspecified atom stereocenters. The molecule has 0 radical (unpaired) electrons. The molecule has 0 aliphatic carbocycles. The lowest BCUT2D eigenvalue weighted by molar-refractivity contribution is 0.583. The van der Waals surface area contributed by atoms with Crippen molar-refractivity contribution < 1.29 is 4.42 Å². The van der Waals surface area contributed by atoms with Crippen LogP contribution < -0.4 is 5.32 Å². The SMILES string of the molecule is N#CC(C#N)=C(C#N)Nc1ccc2[nH]c(=S)oc2c1. The van der Waals surface area contributed by atoms with E-state index in [0.29, 0.717) is 11.3 Å². The number of allylic oxidation sites excluding steroid dienone is 2. The van der Waals surface area contributed by atoms with Gasteiger partial charge in [0, 0.05) is 11.8 Å². The molecule has 1 aromatic heterocycles. The highest BCUT2D eigenvalue weighted by atomic mass is 32.1. The van der Waals surface area contributed by atoms with Gasteiger partial charge >= 0.3 is 0 Å². The van der Waals surface area contributed by atoms with Gasteiger partial charge in [0.25, 0.3) is 4.84 Å². The lowest BCUT2D eigenvalue weighted by Crippen LogP contribution is -2.00. The topological polar surface area (TPSA) is 112 Å². The number of rotatable bonds is 2. The van der Waals surface area contributed by atoms with Gasteiger partial charge in [-0.1, -0.05) is 0 Å². The fraction of sp³-hybridized carbons (Fsp3) is 0. The molecule has 2 aromatic rings. The van der Waals surface area contributed by atoms with Crippen LogP contribution in [0.15, 0.2) is 33.9 Å². The predicted octanol–water partition coefficient (Wildman–Crippen LogP) is 2.73. The number of anilines is 1. The summed E-state index contributed by atoms with van der Waals surface area (Å²) in [7, 11) is 0. The Hall–Kier alpha value is -3.08. The average Bonchev–Trinajstić information content (AvgIpc) is 2.78. The molecule has 0 saturated carbocycles. The summed E-state index contributed by atoms with van der Waals surface area (Å²) < 4.78 is 5.23. The van der Waals surface area contributed by atoms with E-state index < -0.39 is 0 Å². The van der Waals surface area contributed by atoms with E-state index >= 15 is 0 Å².